The second-order valence-electron chi connectivity index (χ2n) is 8.75. The maximum Gasteiger partial charge on any atom is 0.407 e. The summed E-state index contributed by atoms with van der Waals surface area (Å²) in [6, 6.07) is 5.90. The van der Waals surface area contributed by atoms with Crippen molar-refractivity contribution in [3.63, 3.8) is 0 Å². The SMILES string of the molecule is C/C(=C\C=C(/C)S(=O)(=O)NCCc1ccc(F)cc1)CNC(=O)OCCCCn1cnc2c(N)nc(Cl)nc21. The van der Waals surface area contributed by atoms with E-state index in [2.05, 4.69) is 25.0 Å². The number of benzene rings is 1. The number of hydrogen-bond donors (Lipinski definition) is 3. The third-order valence-electron chi connectivity index (χ3n) is 5.65. The fourth-order valence-corrected chi connectivity index (χ4v) is 4.43. The summed E-state index contributed by atoms with van der Waals surface area (Å²) in [5.41, 5.74) is 8.40. The lowest BCUT2D eigenvalue weighted by atomic mass is 10.1. The van der Waals surface area contributed by atoms with Crippen LogP contribution in [0.2, 0.25) is 5.28 Å². The first-order valence-electron chi connectivity index (χ1n) is 12.2. The number of fused-ring (bicyclic) bond motifs is 1. The van der Waals surface area contributed by atoms with E-state index in [1.54, 1.807) is 31.5 Å². The number of halogens is 2. The molecule has 0 unspecified atom stereocenters. The summed E-state index contributed by atoms with van der Waals surface area (Å²) in [5.74, 6) is -0.122. The fourth-order valence-electron chi connectivity index (χ4n) is 3.42. The molecule has 2 aromatic heterocycles. The van der Waals surface area contributed by atoms with Gasteiger partial charge in [0.25, 0.3) is 0 Å². The summed E-state index contributed by atoms with van der Waals surface area (Å²) in [5, 5.41) is 2.68. The number of aryl methyl sites for hydroxylation is 1. The highest BCUT2D eigenvalue weighted by Crippen LogP contribution is 2.18. The van der Waals surface area contributed by atoms with E-state index in [4.69, 9.17) is 22.1 Å². The summed E-state index contributed by atoms with van der Waals surface area (Å²) >= 11 is 5.87. The van der Waals surface area contributed by atoms with E-state index in [0.717, 1.165) is 11.1 Å². The van der Waals surface area contributed by atoms with Gasteiger partial charge in [-0.2, -0.15) is 9.97 Å². The molecule has 0 saturated heterocycles. The normalized spacial score (nSPS) is 12.6. The molecular weight excluding hydrogens is 549 g/mol. The molecule has 1 aromatic carbocycles. The standard InChI is InChI=1S/C25H31ClFN7O4S/c1-17(5-6-18(2)39(36,37)31-12-11-19-7-9-20(27)10-8-19)15-29-25(35)38-14-4-3-13-34-16-30-21-22(28)32-24(26)33-23(21)34/h5-10,16,31H,3-4,11-15H2,1-2H3,(H,29,35)(H2,28,32,33)/b17-5+,18-6+. The zero-order valence-corrected chi connectivity index (χ0v) is 23.2. The lowest BCUT2D eigenvalue weighted by molar-refractivity contribution is 0.144. The van der Waals surface area contributed by atoms with Gasteiger partial charge in [-0.15, -0.1) is 0 Å². The van der Waals surface area contributed by atoms with E-state index in [9.17, 15) is 17.6 Å². The van der Waals surface area contributed by atoms with Gasteiger partial charge in [0.2, 0.25) is 15.3 Å². The van der Waals surface area contributed by atoms with Gasteiger partial charge in [-0.1, -0.05) is 23.8 Å². The first kappa shape index (κ1) is 30.0. The van der Waals surface area contributed by atoms with Gasteiger partial charge in [0.15, 0.2) is 11.5 Å². The quantitative estimate of drug-likeness (QED) is 0.157. The molecule has 2 heterocycles. The van der Waals surface area contributed by atoms with Crippen molar-refractivity contribution in [3.05, 3.63) is 69.9 Å². The van der Waals surface area contributed by atoms with Gasteiger partial charge in [-0.3, -0.25) is 0 Å². The van der Waals surface area contributed by atoms with Crippen LogP contribution in [0.4, 0.5) is 15.0 Å². The average Bonchev–Trinajstić information content (AvgIpc) is 3.29. The smallest absolute Gasteiger partial charge is 0.407 e. The van der Waals surface area contributed by atoms with Crippen LogP contribution in [-0.2, 0) is 27.7 Å². The summed E-state index contributed by atoms with van der Waals surface area (Å²) < 4.78 is 47.3. The van der Waals surface area contributed by atoms with Crippen LogP contribution in [0.25, 0.3) is 11.2 Å². The lowest BCUT2D eigenvalue weighted by Gasteiger charge is -2.08. The van der Waals surface area contributed by atoms with Gasteiger partial charge in [0, 0.05) is 19.6 Å². The molecular formula is C25H31ClFN7O4S. The number of nitrogen functional groups attached to an aromatic ring is 1. The highest BCUT2D eigenvalue weighted by atomic mass is 35.5. The van der Waals surface area contributed by atoms with E-state index in [0.29, 0.717) is 37.0 Å². The molecule has 0 spiro atoms. The van der Waals surface area contributed by atoms with Gasteiger partial charge in [0.05, 0.1) is 17.8 Å². The summed E-state index contributed by atoms with van der Waals surface area (Å²) in [7, 11) is -3.66. The molecule has 0 fully saturated rings. The van der Waals surface area contributed by atoms with Crippen molar-refractivity contribution >= 4 is 44.7 Å². The topological polar surface area (TPSA) is 154 Å². The fraction of sp³-hybridized carbons (Fsp3) is 0.360. The number of sulfonamides is 1. The van der Waals surface area contributed by atoms with Crippen molar-refractivity contribution in [1.29, 1.82) is 0 Å². The molecule has 0 aliphatic carbocycles. The monoisotopic (exact) mass is 579 g/mol. The van der Waals surface area contributed by atoms with Crippen LogP contribution in [0, 0.1) is 5.82 Å². The van der Waals surface area contributed by atoms with Crippen molar-refractivity contribution < 1.29 is 22.3 Å². The number of anilines is 1. The number of alkyl carbamates (subject to hydrolysis) is 1. The number of imidazole rings is 1. The first-order valence-corrected chi connectivity index (χ1v) is 14.0. The van der Waals surface area contributed by atoms with Crippen LogP contribution in [0.5, 0.6) is 0 Å². The minimum absolute atomic E-state index is 0.0496. The Morgan fingerprint density at radius 3 is 2.67 bits per heavy atom. The molecule has 0 bridgehead atoms. The van der Waals surface area contributed by atoms with E-state index < -0.39 is 16.1 Å². The lowest BCUT2D eigenvalue weighted by Crippen LogP contribution is -2.27. The Kier molecular flexibility index (Phi) is 10.8. The number of aromatic nitrogens is 4. The maximum absolute atomic E-state index is 13.0. The number of nitrogens with zero attached hydrogens (tertiary/aromatic N) is 4. The molecule has 0 radical (unpaired) electrons. The van der Waals surface area contributed by atoms with Gasteiger partial charge in [0.1, 0.15) is 11.3 Å². The van der Waals surface area contributed by atoms with Crippen LogP contribution in [0.1, 0.15) is 32.3 Å². The molecule has 210 valence electrons. The number of nitrogens with two attached hydrogens (primary N) is 1. The number of allylic oxidation sites excluding steroid dienone is 3. The van der Waals surface area contributed by atoms with E-state index in [1.165, 1.54) is 25.1 Å². The second-order valence-corrected chi connectivity index (χ2v) is 11.0. The number of amides is 1. The molecule has 0 aliphatic rings. The summed E-state index contributed by atoms with van der Waals surface area (Å²) in [6.45, 7) is 4.44. The number of hydrogen-bond acceptors (Lipinski definition) is 8. The Labute approximate surface area is 231 Å². The van der Waals surface area contributed by atoms with Crippen LogP contribution < -0.4 is 15.8 Å². The van der Waals surface area contributed by atoms with E-state index in [1.807, 2.05) is 4.57 Å². The molecule has 14 heteroatoms. The zero-order chi connectivity index (χ0) is 28.4. The Balaban J connectivity index is 1.34. The second kappa shape index (κ2) is 14.0. The number of carbonyl (C=O) groups excluding carboxylic acids is 1. The van der Waals surface area contributed by atoms with Crippen LogP contribution in [0.3, 0.4) is 0 Å². The van der Waals surface area contributed by atoms with Crippen LogP contribution >= 0.6 is 11.6 Å². The highest BCUT2D eigenvalue weighted by Gasteiger charge is 2.12. The largest absolute Gasteiger partial charge is 0.450 e. The van der Waals surface area contributed by atoms with Crippen LogP contribution in [-0.4, -0.2) is 53.7 Å². The Morgan fingerprint density at radius 2 is 1.92 bits per heavy atom. The van der Waals surface area contributed by atoms with E-state index >= 15 is 0 Å². The van der Waals surface area contributed by atoms with Gasteiger partial charge in [-0.25, -0.2) is 27.3 Å². The van der Waals surface area contributed by atoms with E-state index in [-0.39, 0.29) is 41.5 Å². The molecule has 0 atom stereocenters. The summed E-state index contributed by atoms with van der Waals surface area (Å²) in [6.07, 6.45) is 5.88. The number of unbranched alkanes of at least 4 members (excludes halogenated alkanes) is 1. The molecule has 1 amide bonds. The Morgan fingerprint density at radius 1 is 1.18 bits per heavy atom. The number of rotatable bonds is 13. The predicted octanol–water partition coefficient (Wildman–Crippen LogP) is 3.72. The van der Waals surface area contributed by atoms with Gasteiger partial charge >= 0.3 is 6.09 Å². The van der Waals surface area contributed by atoms with Gasteiger partial charge in [-0.05, 0) is 68.5 Å². The molecule has 3 aromatic rings. The van der Waals surface area contributed by atoms with Crippen molar-refractivity contribution in [1.82, 2.24) is 29.6 Å². The molecule has 0 aliphatic heterocycles. The molecule has 4 N–H and O–H groups in total. The predicted molar refractivity (Wildman–Crippen MR) is 148 cm³/mol. The first-order chi connectivity index (χ1) is 18.5. The minimum Gasteiger partial charge on any atom is -0.450 e. The van der Waals surface area contributed by atoms with Crippen molar-refractivity contribution in [2.75, 3.05) is 25.4 Å². The van der Waals surface area contributed by atoms with Gasteiger partial charge < -0.3 is 20.4 Å². The molecule has 11 nitrogen and oxygen atoms in total. The molecule has 39 heavy (non-hydrogen) atoms. The number of ether oxygens (including phenoxy) is 1. The van der Waals surface area contributed by atoms with Crippen molar-refractivity contribution in [3.8, 4) is 0 Å². The zero-order valence-electron chi connectivity index (χ0n) is 21.7. The maximum atomic E-state index is 13.0. The van der Waals surface area contributed by atoms with Crippen LogP contribution in [0.15, 0.2) is 53.2 Å². The highest BCUT2D eigenvalue weighted by molar-refractivity contribution is 7.93. The average molecular weight is 580 g/mol. The Bertz CT molecular complexity index is 1460. The Hall–Kier alpha value is -3.55. The van der Waals surface area contributed by atoms with Crippen molar-refractivity contribution in [2.24, 2.45) is 0 Å². The third kappa shape index (κ3) is 9.30. The summed E-state index contributed by atoms with van der Waals surface area (Å²) in [4.78, 5) is 24.3. The van der Waals surface area contributed by atoms with Crippen molar-refractivity contribution in [2.45, 2.75) is 39.7 Å². The molecule has 3 rings (SSSR count). The minimum atomic E-state index is -3.66. The number of carbonyl (C=O) groups is 1. The molecule has 0 saturated carbocycles. The third-order valence-corrected chi connectivity index (χ3v) is 7.38. The number of nitrogens with one attached hydrogen (secondary N) is 2.